The summed E-state index contributed by atoms with van der Waals surface area (Å²) in [6, 6.07) is 5.44. The van der Waals surface area contributed by atoms with Crippen molar-refractivity contribution in [1.82, 2.24) is 14.7 Å². The number of ether oxygens (including phenoxy) is 1. The molecule has 7 heteroatoms. The Kier molecular flexibility index (Phi) is 6.69. The maximum Gasteiger partial charge on any atom is 0.257 e. The topological polar surface area (TPSA) is 47.4 Å². The van der Waals surface area contributed by atoms with Crippen molar-refractivity contribution in [3.05, 3.63) is 45.2 Å². The summed E-state index contributed by atoms with van der Waals surface area (Å²) in [5.41, 5.74) is 3.27. The Morgan fingerprint density at radius 2 is 1.82 bits per heavy atom. The molecule has 0 unspecified atom stereocenters. The number of amides is 1. The highest BCUT2D eigenvalue weighted by Crippen LogP contribution is 2.31. The van der Waals surface area contributed by atoms with Gasteiger partial charge in [-0.1, -0.05) is 50.9 Å². The molecule has 1 aromatic heterocycles. The van der Waals surface area contributed by atoms with Gasteiger partial charge in [0.1, 0.15) is 0 Å². The van der Waals surface area contributed by atoms with Crippen molar-refractivity contribution in [2.45, 2.75) is 40.0 Å². The average Bonchev–Trinajstić information content (AvgIpc) is 3.02. The number of rotatable bonds is 5. The van der Waals surface area contributed by atoms with E-state index in [0.29, 0.717) is 42.3 Å². The lowest BCUT2D eigenvalue weighted by Gasteiger charge is -2.27. The summed E-state index contributed by atoms with van der Waals surface area (Å²) in [5.74, 6) is 0.533. The van der Waals surface area contributed by atoms with Gasteiger partial charge in [0.25, 0.3) is 5.91 Å². The van der Waals surface area contributed by atoms with E-state index in [1.807, 2.05) is 15.6 Å². The Bertz CT molecular complexity index is 856. The van der Waals surface area contributed by atoms with E-state index in [4.69, 9.17) is 33.0 Å². The molecule has 0 saturated carbocycles. The van der Waals surface area contributed by atoms with E-state index in [2.05, 4.69) is 27.7 Å². The normalized spacial score (nSPS) is 14.9. The van der Waals surface area contributed by atoms with E-state index in [-0.39, 0.29) is 11.8 Å². The quantitative estimate of drug-likeness (QED) is 0.681. The molecule has 0 N–H and O–H groups in total. The van der Waals surface area contributed by atoms with Crippen molar-refractivity contribution in [2.75, 3.05) is 26.3 Å². The fourth-order valence-corrected chi connectivity index (χ4v) is 3.80. The molecule has 1 saturated heterocycles. The van der Waals surface area contributed by atoms with Gasteiger partial charge >= 0.3 is 0 Å². The summed E-state index contributed by atoms with van der Waals surface area (Å²) < 4.78 is 7.27. The number of carbonyl (C=O) groups excluding carboxylic acids is 1. The van der Waals surface area contributed by atoms with Gasteiger partial charge in [0.2, 0.25) is 0 Å². The van der Waals surface area contributed by atoms with Gasteiger partial charge in [-0.05, 0) is 36.5 Å². The Morgan fingerprint density at radius 3 is 2.39 bits per heavy atom. The average molecular weight is 424 g/mol. The first-order valence-corrected chi connectivity index (χ1v) is 10.5. The minimum Gasteiger partial charge on any atom is -0.378 e. The first kappa shape index (κ1) is 21.2. The minimum absolute atomic E-state index is 0.0361. The molecule has 0 atom stereocenters. The van der Waals surface area contributed by atoms with Crippen LogP contribution in [0, 0.1) is 5.92 Å². The highest BCUT2D eigenvalue weighted by atomic mass is 35.5. The van der Waals surface area contributed by atoms with Crippen LogP contribution in [-0.4, -0.2) is 46.9 Å². The van der Waals surface area contributed by atoms with Crippen LogP contribution in [-0.2, 0) is 11.2 Å². The fourth-order valence-electron chi connectivity index (χ4n) is 3.51. The number of morpholine rings is 1. The zero-order valence-corrected chi connectivity index (χ0v) is 18.3. The summed E-state index contributed by atoms with van der Waals surface area (Å²) in [6.07, 6.45) is 0.736. The molecule has 0 bridgehead atoms. The minimum atomic E-state index is 0.0361. The molecule has 2 heterocycles. The van der Waals surface area contributed by atoms with Crippen molar-refractivity contribution in [3.63, 3.8) is 0 Å². The Morgan fingerprint density at radius 1 is 1.14 bits per heavy atom. The van der Waals surface area contributed by atoms with Crippen LogP contribution in [0.25, 0.3) is 5.69 Å². The number of benzene rings is 1. The van der Waals surface area contributed by atoms with Crippen LogP contribution in [0.3, 0.4) is 0 Å². The number of aromatic nitrogens is 2. The van der Waals surface area contributed by atoms with Gasteiger partial charge in [-0.2, -0.15) is 5.10 Å². The van der Waals surface area contributed by atoms with E-state index < -0.39 is 0 Å². The van der Waals surface area contributed by atoms with Gasteiger partial charge in [-0.15, -0.1) is 0 Å². The molecular formula is C21H27Cl2N3O2. The molecule has 0 radical (unpaired) electrons. The zero-order chi connectivity index (χ0) is 20.4. The third-order valence-corrected chi connectivity index (χ3v) is 5.54. The molecule has 0 aliphatic carbocycles. The summed E-state index contributed by atoms with van der Waals surface area (Å²) in [6.45, 7) is 10.8. The molecular weight excluding hydrogens is 397 g/mol. The highest BCUT2D eigenvalue weighted by molar-refractivity contribution is 6.42. The number of hydrogen-bond donors (Lipinski definition) is 0. The number of halogens is 2. The van der Waals surface area contributed by atoms with Gasteiger partial charge in [0.15, 0.2) is 0 Å². The van der Waals surface area contributed by atoms with Crippen LogP contribution in [0.4, 0.5) is 0 Å². The summed E-state index contributed by atoms with van der Waals surface area (Å²) in [4.78, 5) is 15.3. The highest BCUT2D eigenvalue weighted by Gasteiger charge is 2.30. The molecule has 3 rings (SSSR count). The molecule has 1 aliphatic heterocycles. The SMILES string of the molecule is CC(C)Cc1nn(-c2ccc(Cl)c(Cl)c2)c(C(C)C)c1C(=O)N1CCOCC1. The van der Waals surface area contributed by atoms with Gasteiger partial charge in [0.05, 0.1) is 45.9 Å². The maximum atomic E-state index is 13.5. The van der Waals surface area contributed by atoms with Crippen LogP contribution in [0.5, 0.6) is 0 Å². The van der Waals surface area contributed by atoms with E-state index in [1.54, 1.807) is 12.1 Å². The number of hydrogen-bond acceptors (Lipinski definition) is 3. The van der Waals surface area contributed by atoms with Crippen molar-refractivity contribution in [3.8, 4) is 5.69 Å². The van der Waals surface area contributed by atoms with Crippen LogP contribution in [0.1, 0.15) is 55.4 Å². The third-order valence-electron chi connectivity index (χ3n) is 4.80. The summed E-state index contributed by atoms with van der Waals surface area (Å²) >= 11 is 12.3. The summed E-state index contributed by atoms with van der Waals surface area (Å²) in [5, 5.41) is 5.83. The Balaban J connectivity index is 2.16. The molecule has 0 spiro atoms. The van der Waals surface area contributed by atoms with Crippen molar-refractivity contribution in [1.29, 1.82) is 0 Å². The predicted octanol–water partition coefficient (Wildman–Crippen LogP) is 4.97. The molecule has 1 fully saturated rings. The third kappa shape index (κ3) is 4.37. The van der Waals surface area contributed by atoms with Crippen molar-refractivity contribution < 1.29 is 9.53 Å². The first-order valence-electron chi connectivity index (χ1n) is 9.73. The lowest BCUT2D eigenvalue weighted by molar-refractivity contribution is 0.0301. The second-order valence-corrected chi connectivity index (χ2v) is 8.69. The molecule has 28 heavy (non-hydrogen) atoms. The second-order valence-electron chi connectivity index (χ2n) is 7.87. The fraction of sp³-hybridized carbons (Fsp3) is 0.524. The number of nitrogens with zero attached hydrogens (tertiary/aromatic N) is 3. The Hall–Kier alpha value is -1.56. The van der Waals surface area contributed by atoms with Gasteiger partial charge in [0, 0.05) is 13.1 Å². The lowest BCUT2D eigenvalue weighted by Crippen LogP contribution is -2.41. The van der Waals surface area contributed by atoms with Crippen molar-refractivity contribution >= 4 is 29.1 Å². The standard InChI is InChI=1S/C21H27Cl2N3O2/c1-13(2)11-18-19(21(27)25-7-9-28-10-8-25)20(14(3)4)26(24-18)15-5-6-16(22)17(23)12-15/h5-6,12-14H,7-11H2,1-4H3. The van der Waals surface area contributed by atoms with Crippen LogP contribution >= 0.6 is 23.2 Å². The van der Waals surface area contributed by atoms with Gasteiger partial charge < -0.3 is 9.64 Å². The molecule has 1 aromatic carbocycles. The van der Waals surface area contributed by atoms with Crippen LogP contribution in [0.15, 0.2) is 18.2 Å². The molecule has 5 nitrogen and oxygen atoms in total. The number of carbonyl (C=O) groups is 1. The maximum absolute atomic E-state index is 13.5. The van der Waals surface area contributed by atoms with Gasteiger partial charge in [-0.25, -0.2) is 4.68 Å². The van der Waals surface area contributed by atoms with E-state index in [0.717, 1.165) is 29.1 Å². The van der Waals surface area contributed by atoms with Crippen molar-refractivity contribution in [2.24, 2.45) is 5.92 Å². The molecule has 2 aromatic rings. The first-order chi connectivity index (χ1) is 13.3. The van der Waals surface area contributed by atoms with E-state index in [1.165, 1.54) is 0 Å². The van der Waals surface area contributed by atoms with Crippen LogP contribution in [0.2, 0.25) is 10.0 Å². The van der Waals surface area contributed by atoms with E-state index in [9.17, 15) is 4.79 Å². The summed E-state index contributed by atoms with van der Waals surface area (Å²) in [7, 11) is 0. The van der Waals surface area contributed by atoms with Gasteiger partial charge in [-0.3, -0.25) is 4.79 Å². The Labute approximate surface area is 176 Å². The zero-order valence-electron chi connectivity index (χ0n) is 16.8. The largest absolute Gasteiger partial charge is 0.378 e. The lowest BCUT2D eigenvalue weighted by atomic mass is 9.97. The molecule has 1 aliphatic rings. The van der Waals surface area contributed by atoms with E-state index >= 15 is 0 Å². The second kappa shape index (κ2) is 8.85. The molecule has 152 valence electrons. The monoisotopic (exact) mass is 423 g/mol. The smallest absolute Gasteiger partial charge is 0.257 e. The van der Waals surface area contributed by atoms with Crippen LogP contribution < -0.4 is 0 Å². The predicted molar refractivity (Wildman–Crippen MR) is 113 cm³/mol. The molecule has 1 amide bonds.